The van der Waals surface area contributed by atoms with Crippen molar-refractivity contribution >= 4 is 15.9 Å². The summed E-state index contributed by atoms with van der Waals surface area (Å²) in [7, 11) is 0. The highest BCUT2D eigenvalue weighted by molar-refractivity contribution is 9.10. The van der Waals surface area contributed by atoms with Crippen LogP contribution >= 0.6 is 15.9 Å². The summed E-state index contributed by atoms with van der Waals surface area (Å²) in [6.45, 7) is 5.09. The van der Waals surface area contributed by atoms with Crippen LogP contribution in [0, 0.1) is 6.92 Å². The number of aromatic nitrogens is 4. The van der Waals surface area contributed by atoms with E-state index in [1.54, 1.807) is 17.2 Å². The van der Waals surface area contributed by atoms with Gasteiger partial charge in [0.1, 0.15) is 24.9 Å². The second-order valence-corrected chi connectivity index (χ2v) is 7.61. The third-order valence-electron chi connectivity index (χ3n) is 4.68. The SMILES string of the molecule is CCC1COC(Cn2cncn2)(c2ccc(Oc3ccc(Br)cn3)cc2C)O1. The molecule has 0 aliphatic carbocycles. The molecule has 2 aromatic heterocycles. The van der Waals surface area contributed by atoms with Gasteiger partial charge in [-0.2, -0.15) is 5.10 Å². The standard InChI is InChI=1S/C20H21BrN4O3/c1-3-16-10-26-20(28-16,11-25-13-22-12-24-25)18-6-5-17(8-14(18)2)27-19-7-4-15(21)9-23-19/h4-9,12-13,16H,3,10-11H2,1-2H3. The van der Waals surface area contributed by atoms with E-state index < -0.39 is 5.79 Å². The fourth-order valence-corrected chi connectivity index (χ4v) is 3.51. The molecule has 3 aromatic rings. The highest BCUT2D eigenvalue weighted by Crippen LogP contribution is 2.39. The number of aryl methyl sites for hydroxylation is 1. The van der Waals surface area contributed by atoms with Crippen LogP contribution in [0.4, 0.5) is 0 Å². The van der Waals surface area contributed by atoms with Gasteiger partial charge >= 0.3 is 0 Å². The zero-order chi connectivity index (χ0) is 19.6. The summed E-state index contributed by atoms with van der Waals surface area (Å²) in [6.07, 6.45) is 5.81. The minimum atomic E-state index is -0.896. The van der Waals surface area contributed by atoms with Gasteiger partial charge in [0.05, 0.1) is 12.7 Å². The smallest absolute Gasteiger partial charge is 0.219 e. The average molecular weight is 445 g/mol. The van der Waals surface area contributed by atoms with Crippen LogP contribution in [0.1, 0.15) is 24.5 Å². The number of rotatable bonds is 6. The molecule has 4 rings (SSSR count). The zero-order valence-electron chi connectivity index (χ0n) is 15.7. The topological polar surface area (TPSA) is 71.3 Å². The van der Waals surface area contributed by atoms with E-state index in [-0.39, 0.29) is 6.10 Å². The molecule has 7 nitrogen and oxygen atoms in total. The summed E-state index contributed by atoms with van der Waals surface area (Å²) in [5.41, 5.74) is 1.96. The maximum Gasteiger partial charge on any atom is 0.219 e. The molecule has 1 aliphatic heterocycles. The molecule has 0 bridgehead atoms. The van der Waals surface area contributed by atoms with Crippen LogP contribution in [0.2, 0.25) is 0 Å². The molecule has 0 radical (unpaired) electrons. The molecule has 146 valence electrons. The summed E-state index contributed by atoms with van der Waals surface area (Å²) in [6, 6.07) is 9.56. The van der Waals surface area contributed by atoms with E-state index in [0.717, 1.165) is 22.0 Å². The number of nitrogens with zero attached hydrogens (tertiary/aromatic N) is 4. The summed E-state index contributed by atoms with van der Waals surface area (Å²) in [5.74, 6) is 0.344. The molecule has 2 unspecified atom stereocenters. The first-order chi connectivity index (χ1) is 13.6. The summed E-state index contributed by atoms with van der Waals surface area (Å²) >= 11 is 3.37. The molecule has 1 fully saturated rings. The Morgan fingerprint density at radius 3 is 2.86 bits per heavy atom. The molecular formula is C20H21BrN4O3. The molecule has 1 aliphatic rings. The third kappa shape index (κ3) is 3.94. The zero-order valence-corrected chi connectivity index (χ0v) is 17.3. The van der Waals surface area contributed by atoms with Crippen molar-refractivity contribution in [1.82, 2.24) is 19.7 Å². The van der Waals surface area contributed by atoms with E-state index in [4.69, 9.17) is 14.2 Å². The predicted octanol–water partition coefficient (Wildman–Crippen LogP) is 4.21. The number of pyridine rings is 1. The highest BCUT2D eigenvalue weighted by Gasteiger charge is 2.44. The third-order valence-corrected chi connectivity index (χ3v) is 5.15. The van der Waals surface area contributed by atoms with E-state index >= 15 is 0 Å². The molecule has 1 aromatic carbocycles. The lowest BCUT2D eigenvalue weighted by atomic mass is 9.99. The predicted molar refractivity (Wildman–Crippen MR) is 106 cm³/mol. The number of hydrogen-bond donors (Lipinski definition) is 0. The van der Waals surface area contributed by atoms with E-state index in [0.29, 0.717) is 24.8 Å². The van der Waals surface area contributed by atoms with Crippen LogP contribution in [0.5, 0.6) is 11.6 Å². The van der Waals surface area contributed by atoms with Crippen LogP contribution in [-0.2, 0) is 21.8 Å². The molecular weight excluding hydrogens is 424 g/mol. The van der Waals surface area contributed by atoms with Crippen LogP contribution in [0.15, 0.2) is 53.7 Å². The Labute approximate surface area is 171 Å². The first kappa shape index (κ1) is 19.0. The fourth-order valence-electron chi connectivity index (χ4n) is 3.27. The number of halogens is 1. The minimum absolute atomic E-state index is 0.0470. The second kappa shape index (κ2) is 7.98. The molecule has 0 spiro atoms. The molecule has 28 heavy (non-hydrogen) atoms. The van der Waals surface area contributed by atoms with E-state index in [2.05, 4.69) is 37.9 Å². The lowest BCUT2D eigenvalue weighted by molar-refractivity contribution is -0.189. The Bertz CT molecular complexity index is 933. The van der Waals surface area contributed by atoms with Crippen molar-refractivity contribution in [2.24, 2.45) is 0 Å². The second-order valence-electron chi connectivity index (χ2n) is 6.70. The number of hydrogen-bond acceptors (Lipinski definition) is 6. The van der Waals surface area contributed by atoms with Crippen LogP contribution in [0.3, 0.4) is 0 Å². The molecule has 0 saturated carbocycles. The molecule has 3 heterocycles. The van der Waals surface area contributed by atoms with Gasteiger partial charge in [-0.1, -0.05) is 6.92 Å². The Kier molecular flexibility index (Phi) is 5.43. The van der Waals surface area contributed by atoms with Crippen molar-refractivity contribution in [1.29, 1.82) is 0 Å². The monoisotopic (exact) mass is 444 g/mol. The van der Waals surface area contributed by atoms with Gasteiger partial charge in [-0.3, -0.25) is 0 Å². The van der Waals surface area contributed by atoms with Gasteiger partial charge in [0.25, 0.3) is 0 Å². The first-order valence-electron chi connectivity index (χ1n) is 9.13. The first-order valence-corrected chi connectivity index (χ1v) is 9.92. The largest absolute Gasteiger partial charge is 0.439 e. The van der Waals surface area contributed by atoms with Gasteiger partial charge in [-0.25, -0.2) is 14.6 Å². The summed E-state index contributed by atoms with van der Waals surface area (Å²) in [5, 5.41) is 4.22. The van der Waals surface area contributed by atoms with Gasteiger partial charge in [-0.15, -0.1) is 0 Å². The normalized spacial score (nSPS) is 21.8. The van der Waals surface area contributed by atoms with Crippen molar-refractivity contribution in [3.63, 3.8) is 0 Å². The van der Waals surface area contributed by atoms with Crippen molar-refractivity contribution in [3.05, 3.63) is 64.8 Å². The number of ether oxygens (including phenoxy) is 3. The molecule has 2 atom stereocenters. The molecule has 8 heteroatoms. The Morgan fingerprint density at radius 2 is 2.21 bits per heavy atom. The van der Waals surface area contributed by atoms with E-state index in [9.17, 15) is 0 Å². The van der Waals surface area contributed by atoms with E-state index in [1.807, 2.05) is 37.3 Å². The lowest BCUT2D eigenvalue weighted by Crippen LogP contribution is -2.34. The molecule has 1 saturated heterocycles. The highest BCUT2D eigenvalue weighted by atomic mass is 79.9. The van der Waals surface area contributed by atoms with E-state index in [1.165, 1.54) is 6.33 Å². The summed E-state index contributed by atoms with van der Waals surface area (Å²) in [4.78, 5) is 8.28. The fraction of sp³-hybridized carbons (Fsp3) is 0.350. The lowest BCUT2D eigenvalue weighted by Gasteiger charge is -2.30. The van der Waals surface area contributed by atoms with Gasteiger partial charge < -0.3 is 14.2 Å². The van der Waals surface area contributed by atoms with Gasteiger partial charge in [0, 0.05) is 22.3 Å². The minimum Gasteiger partial charge on any atom is -0.439 e. The van der Waals surface area contributed by atoms with Gasteiger partial charge in [0.2, 0.25) is 11.7 Å². The van der Waals surface area contributed by atoms with Crippen molar-refractivity contribution in [2.45, 2.75) is 38.7 Å². The van der Waals surface area contributed by atoms with Gasteiger partial charge in [0.15, 0.2) is 0 Å². The Hall–Kier alpha value is -2.29. The van der Waals surface area contributed by atoms with Crippen molar-refractivity contribution in [2.75, 3.05) is 6.61 Å². The van der Waals surface area contributed by atoms with Crippen molar-refractivity contribution < 1.29 is 14.2 Å². The maximum atomic E-state index is 6.34. The van der Waals surface area contributed by atoms with Crippen LogP contribution < -0.4 is 4.74 Å². The maximum absolute atomic E-state index is 6.34. The van der Waals surface area contributed by atoms with Gasteiger partial charge in [-0.05, 0) is 59.1 Å². The number of benzene rings is 1. The quantitative estimate of drug-likeness (QED) is 0.566. The molecule has 0 amide bonds. The molecule has 0 N–H and O–H groups in total. The van der Waals surface area contributed by atoms with Crippen LogP contribution in [0.25, 0.3) is 0 Å². The average Bonchev–Trinajstić information content (AvgIpc) is 3.34. The summed E-state index contributed by atoms with van der Waals surface area (Å²) < 4.78 is 21.0. The Balaban J connectivity index is 1.62. The van der Waals surface area contributed by atoms with Crippen LogP contribution in [-0.4, -0.2) is 32.5 Å². The Morgan fingerprint density at radius 1 is 1.32 bits per heavy atom. The van der Waals surface area contributed by atoms with Crippen molar-refractivity contribution in [3.8, 4) is 11.6 Å².